The molecular formula is C22H33N3O. The van der Waals surface area contributed by atoms with E-state index in [-0.39, 0.29) is 5.41 Å². The van der Waals surface area contributed by atoms with Crippen LogP contribution < -0.4 is 10.2 Å². The number of hydrogen-bond acceptors (Lipinski definition) is 3. The minimum atomic E-state index is -0.0949. The molecule has 0 spiro atoms. The van der Waals surface area contributed by atoms with E-state index in [1.165, 1.54) is 31.9 Å². The van der Waals surface area contributed by atoms with Gasteiger partial charge in [0.05, 0.1) is 5.41 Å². The molecule has 3 aliphatic heterocycles. The summed E-state index contributed by atoms with van der Waals surface area (Å²) in [4.78, 5) is 17.6. The Labute approximate surface area is 157 Å². The van der Waals surface area contributed by atoms with Crippen molar-refractivity contribution in [2.24, 2.45) is 17.3 Å². The molecule has 3 unspecified atom stereocenters. The van der Waals surface area contributed by atoms with Gasteiger partial charge < -0.3 is 15.1 Å². The lowest BCUT2D eigenvalue weighted by Crippen LogP contribution is -2.34. The third-order valence-electron chi connectivity index (χ3n) is 7.28. The van der Waals surface area contributed by atoms with E-state index in [0.29, 0.717) is 11.9 Å². The molecule has 1 N–H and O–H groups in total. The molecule has 1 aromatic carbocycles. The number of para-hydroxylation sites is 1. The quantitative estimate of drug-likeness (QED) is 0.851. The molecule has 142 valence electrons. The van der Waals surface area contributed by atoms with Crippen molar-refractivity contribution in [2.45, 2.75) is 45.6 Å². The summed E-state index contributed by atoms with van der Waals surface area (Å²) in [5.41, 5.74) is 1.28. The van der Waals surface area contributed by atoms with Crippen LogP contribution in [0.3, 0.4) is 0 Å². The number of fused-ring (bicyclic) bond motifs is 1. The second kappa shape index (κ2) is 7.22. The van der Waals surface area contributed by atoms with Crippen LogP contribution >= 0.6 is 0 Å². The molecule has 3 fully saturated rings. The fraction of sp³-hybridized carbons (Fsp3) is 0.682. The minimum absolute atomic E-state index is 0.0949. The number of benzene rings is 1. The van der Waals surface area contributed by atoms with E-state index in [2.05, 4.69) is 59.3 Å². The Morgan fingerprint density at radius 3 is 2.27 bits per heavy atom. The molecule has 4 rings (SSSR count). The lowest BCUT2D eigenvalue weighted by Gasteiger charge is -2.24. The summed E-state index contributed by atoms with van der Waals surface area (Å²) in [6, 6.07) is 11.2. The molecule has 4 heteroatoms. The number of anilines is 1. The van der Waals surface area contributed by atoms with E-state index in [9.17, 15) is 4.79 Å². The Kier molecular flexibility index (Phi) is 4.96. The molecule has 3 saturated heterocycles. The lowest BCUT2D eigenvalue weighted by molar-refractivity contribution is -0.128. The summed E-state index contributed by atoms with van der Waals surface area (Å²) >= 11 is 0. The first-order valence-corrected chi connectivity index (χ1v) is 10.5. The smallest absolute Gasteiger partial charge is 0.226 e. The van der Waals surface area contributed by atoms with Crippen LogP contribution in [0.5, 0.6) is 0 Å². The number of nitrogens with one attached hydrogen (secondary N) is 1. The molecule has 3 heterocycles. The van der Waals surface area contributed by atoms with Gasteiger partial charge in [0, 0.05) is 44.5 Å². The van der Waals surface area contributed by atoms with Crippen molar-refractivity contribution < 1.29 is 4.79 Å². The predicted molar refractivity (Wildman–Crippen MR) is 106 cm³/mol. The number of carbonyl (C=O) groups is 1. The van der Waals surface area contributed by atoms with Gasteiger partial charge in [0.15, 0.2) is 0 Å². The Hall–Kier alpha value is -1.55. The number of amides is 1. The fourth-order valence-electron chi connectivity index (χ4n) is 5.45. The maximum atomic E-state index is 12.4. The summed E-state index contributed by atoms with van der Waals surface area (Å²) in [5, 5.41) is 3.28. The molecule has 26 heavy (non-hydrogen) atoms. The van der Waals surface area contributed by atoms with Crippen molar-refractivity contribution >= 4 is 11.6 Å². The molecule has 0 saturated carbocycles. The van der Waals surface area contributed by atoms with Gasteiger partial charge in [-0.15, -0.1) is 0 Å². The molecule has 4 nitrogen and oxygen atoms in total. The number of likely N-dealkylation sites (tertiary alicyclic amines) is 1. The van der Waals surface area contributed by atoms with Crippen molar-refractivity contribution in [2.75, 3.05) is 37.6 Å². The highest BCUT2D eigenvalue weighted by Crippen LogP contribution is 2.38. The maximum absolute atomic E-state index is 12.4. The van der Waals surface area contributed by atoms with Crippen LogP contribution in [-0.2, 0) is 4.79 Å². The van der Waals surface area contributed by atoms with Crippen molar-refractivity contribution in [1.82, 2.24) is 10.2 Å². The van der Waals surface area contributed by atoms with Gasteiger partial charge >= 0.3 is 0 Å². The van der Waals surface area contributed by atoms with Gasteiger partial charge in [-0.1, -0.05) is 32.0 Å². The largest absolute Gasteiger partial charge is 0.371 e. The van der Waals surface area contributed by atoms with E-state index in [1.807, 2.05) is 0 Å². The SMILES string of the molecule is CCC1(CC)CC(CCN2CC3CN(c4ccccc4)CC3C2)NC1=O. The van der Waals surface area contributed by atoms with Gasteiger partial charge in [-0.2, -0.15) is 0 Å². The van der Waals surface area contributed by atoms with Crippen LogP contribution in [0, 0.1) is 17.3 Å². The molecule has 1 amide bonds. The number of carbonyl (C=O) groups excluding carboxylic acids is 1. The zero-order valence-corrected chi connectivity index (χ0v) is 16.3. The third kappa shape index (κ3) is 3.24. The van der Waals surface area contributed by atoms with E-state index >= 15 is 0 Å². The summed E-state index contributed by atoms with van der Waals surface area (Å²) in [7, 11) is 0. The van der Waals surface area contributed by atoms with E-state index in [0.717, 1.165) is 44.1 Å². The average Bonchev–Trinajstić information content (AvgIpc) is 3.32. The van der Waals surface area contributed by atoms with Gasteiger partial charge in [-0.05, 0) is 49.7 Å². The predicted octanol–water partition coefficient (Wildman–Crippen LogP) is 3.14. The van der Waals surface area contributed by atoms with Gasteiger partial charge in [0.2, 0.25) is 5.91 Å². The maximum Gasteiger partial charge on any atom is 0.226 e. The van der Waals surface area contributed by atoms with Crippen LogP contribution in [0.4, 0.5) is 5.69 Å². The average molecular weight is 356 g/mol. The molecule has 0 aliphatic carbocycles. The zero-order valence-electron chi connectivity index (χ0n) is 16.3. The second-order valence-electron chi connectivity index (χ2n) is 8.67. The highest BCUT2D eigenvalue weighted by molar-refractivity contribution is 5.85. The Morgan fingerprint density at radius 2 is 1.69 bits per heavy atom. The molecule has 3 atom stereocenters. The van der Waals surface area contributed by atoms with E-state index < -0.39 is 0 Å². The number of hydrogen-bond donors (Lipinski definition) is 1. The second-order valence-corrected chi connectivity index (χ2v) is 8.67. The van der Waals surface area contributed by atoms with Crippen LogP contribution in [-0.4, -0.2) is 49.6 Å². The molecule has 0 bridgehead atoms. The molecule has 0 aromatic heterocycles. The molecular weight excluding hydrogens is 322 g/mol. The number of nitrogens with zero attached hydrogens (tertiary/aromatic N) is 2. The minimum Gasteiger partial charge on any atom is -0.371 e. The van der Waals surface area contributed by atoms with Gasteiger partial charge in [-0.25, -0.2) is 0 Å². The fourth-order valence-corrected chi connectivity index (χ4v) is 5.45. The third-order valence-corrected chi connectivity index (χ3v) is 7.28. The normalized spacial score (nSPS) is 30.6. The summed E-state index contributed by atoms with van der Waals surface area (Å²) < 4.78 is 0. The standard InChI is InChI=1S/C22H33N3O/c1-3-22(4-2)12-19(23-21(22)26)10-11-24-13-17-15-25(16-18(17)14-24)20-8-6-5-7-9-20/h5-9,17-19H,3-4,10-16H2,1-2H3,(H,23,26). The first-order valence-electron chi connectivity index (χ1n) is 10.5. The Bertz CT molecular complexity index is 614. The number of rotatable bonds is 6. The Morgan fingerprint density at radius 1 is 1.04 bits per heavy atom. The van der Waals surface area contributed by atoms with Crippen LogP contribution in [0.25, 0.3) is 0 Å². The van der Waals surface area contributed by atoms with Crippen molar-refractivity contribution in [3.63, 3.8) is 0 Å². The summed E-state index contributed by atoms with van der Waals surface area (Å²) in [6.07, 6.45) is 4.07. The van der Waals surface area contributed by atoms with Crippen molar-refractivity contribution in [1.29, 1.82) is 0 Å². The lowest BCUT2D eigenvalue weighted by atomic mass is 9.79. The molecule has 1 aromatic rings. The summed E-state index contributed by atoms with van der Waals surface area (Å²) in [6.45, 7) is 10.3. The Balaban J connectivity index is 1.25. The van der Waals surface area contributed by atoms with Crippen LogP contribution in [0.15, 0.2) is 30.3 Å². The monoisotopic (exact) mass is 355 g/mol. The van der Waals surface area contributed by atoms with Gasteiger partial charge in [0.25, 0.3) is 0 Å². The van der Waals surface area contributed by atoms with Crippen LogP contribution in [0.2, 0.25) is 0 Å². The first kappa shape index (κ1) is 17.8. The summed E-state index contributed by atoms with van der Waals surface area (Å²) in [5.74, 6) is 1.90. The topological polar surface area (TPSA) is 35.6 Å². The van der Waals surface area contributed by atoms with Crippen LogP contribution in [0.1, 0.15) is 39.5 Å². The molecule has 3 aliphatic rings. The highest BCUT2D eigenvalue weighted by atomic mass is 16.2. The zero-order chi connectivity index (χ0) is 18.1. The van der Waals surface area contributed by atoms with E-state index in [4.69, 9.17) is 0 Å². The molecule has 0 radical (unpaired) electrons. The highest BCUT2D eigenvalue weighted by Gasteiger charge is 2.44. The first-order chi connectivity index (χ1) is 12.6. The van der Waals surface area contributed by atoms with Gasteiger partial charge in [-0.3, -0.25) is 4.79 Å². The van der Waals surface area contributed by atoms with E-state index in [1.54, 1.807) is 0 Å². The van der Waals surface area contributed by atoms with Crippen molar-refractivity contribution in [3.05, 3.63) is 30.3 Å². The van der Waals surface area contributed by atoms with Gasteiger partial charge in [0.1, 0.15) is 0 Å². The van der Waals surface area contributed by atoms with Crippen molar-refractivity contribution in [3.8, 4) is 0 Å².